The summed E-state index contributed by atoms with van der Waals surface area (Å²) >= 11 is 6.02. The van der Waals surface area contributed by atoms with E-state index in [-0.39, 0.29) is 0 Å². The van der Waals surface area contributed by atoms with Gasteiger partial charge in [0.2, 0.25) is 0 Å². The van der Waals surface area contributed by atoms with Gasteiger partial charge in [0.15, 0.2) is 0 Å². The molecule has 0 fully saturated rings. The van der Waals surface area contributed by atoms with Gasteiger partial charge in [-0.05, 0) is 42.8 Å². The second kappa shape index (κ2) is 5.78. The summed E-state index contributed by atoms with van der Waals surface area (Å²) in [5, 5.41) is 0.725. The highest BCUT2D eigenvalue weighted by atomic mass is 35.5. The molecule has 2 aromatic rings. The third kappa shape index (κ3) is 2.96. The van der Waals surface area contributed by atoms with Crippen LogP contribution in [-0.2, 0) is 6.54 Å². The number of nitrogens with zero attached hydrogens (tertiary/aromatic N) is 1. The Morgan fingerprint density at radius 3 is 2.50 bits per heavy atom. The van der Waals surface area contributed by atoms with Crippen molar-refractivity contribution in [2.24, 2.45) is 0 Å². The van der Waals surface area contributed by atoms with E-state index in [1.807, 2.05) is 36.4 Å². The molecular weight excluding hydrogens is 244 g/mol. The van der Waals surface area contributed by atoms with Crippen LogP contribution in [0.4, 0.5) is 11.4 Å². The van der Waals surface area contributed by atoms with E-state index in [1.54, 1.807) is 0 Å². The maximum Gasteiger partial charge on any atom is 0.0450 e. The number of nitrogens with two attached hydrogens (primary N) is 1. The molecule has 0 amide bonds. The molecule has 18 heavy (non-hydrogen) atoms. The van der Waals surface area contributed by atoms with Crippen LogP contribution < -0.4 is 10.6 Å². The van der Waals surface area contributed by atoms with Crippen molar-refractivity contribution in [3.8, 4) is 0 Å². The normalized spacial score (nSPS) is 10.3. The Morgan fingerprint density at radius 1 is 1.11 bits per heavy atom. The zero-order valence-corrected chi connectivity index (χ0v) is 11.2. The highest BCUT2D eigenvalue weighted by molar-refractivity contribution is 6.30. The van der Waals surface area contributed by atoms with E-state index in [2.05, 4.69) is 24.0 Å². The standard InChI is InChI=1S/C15H17ClN2/c1-2-18(14-6-4-3-5-7-14)11-12-10-13(16)8-9-15(12)17/h3-10H,2,11,17H2,1H3. The maximum absolute atomic E-state index is 6.02. The Kier molecular flexibility index (Phi) is 4.11. The third-order valence-corrected chi connectivity index (χ3v) is 3.20. The largest absolute Gasteiger partial charge is 0.398 e. The molecule has 0 aliphatic heterocycles. The predicted octanol–water partition coefficient (Wildman–Crippen LogP) is 3.95. The van der Waals surface area contributed by atoms with Gasteiger partial charge in [0.05, 0.1) is 0 Å². The van der Waals surface area contributed by atoms with E-state index in [0.717, 1.165) is 29.4 Å². The number of hydrogen-bond donors (Lipinski definition) is 1. The summed E-state index contributed by atoms with van der Waals surface area (Å²) in [5.41, 5.74) is 9.03. The summed E-state index contributed by atoms with van der Waals surface area (Å²) in [6.07, 6.45) is 0. The third-order valence-electron chi connectivity index (χ3n) is 2.97. The van der Waals surface area contributed by atoms with Crippen molar-refractivity contribution in [3.63, 3.8) is 0 Å². The number of rotatable bonds is 4. The lowest BCUT2D eigenvalue weighted by Crippen LogP contribution is -2.22. The van der Waals surface area contributed by atoms with Crippen molar-refractivity contribution in [1.82, 2.24) is 0 Å². The number of benzene rings is 2. The van der Waals surface area contributed by atoms with Crippen LogP contribution in [0.25, 0.3) is 0 Å². The van der Waals surface area contributed by atoms with E-state index in [4.69, 9.17) is 17.3 Å². The molecule has 0 saturated carbocycles. The van der Waals surface area contributed by atoms with Gasteiger partial charge in [-0.3, -0.25) is 0 Å². The Balaban J connectivity index is 2.23. The zero-order chi connectivity index (χ0) is 13.0. The molecule has 2 N–H and O–H groups in total. The van der Waals surface area contributed by atoms with Crippen LogP contribution in [0.2, 0.25) is 5.02 Å². The summed E-state index contributed by atoms with van der Waals surface area (Å²) in [5.74, 6) is 0. The lowest BCUT2D eigenvalue weighted by Gasteiger charge is -2.24. The summed E-state index contributed by atoms with van der Waals surface area (Å²) in [4.78, 5) is 2.27. The van der Waals surface area contributed by atoms with Crippen LogP contribution >= 0.6 is 11.6 Å². The van der Waals surface area contributed by atoms with Gasteiger partial charge in [0, 0.05) is 29.5 Å². The first-order chi connectivity index (χ1) is 8.70. The van der Waals surface area contributed by atoms with Crippen LogP contribution in [-0.4, -0.2) is 6.54 Å². The molecule has 3 heteroatoms. The molecular formula is C15H17ClN2. The van der Waals surface area contributed by atoms with Crippen molar-refractivity contribution < 1.29 is 0 Å². The fourth-order valence-corrected chi connectivity index (χ4v) is 2.14. The van der Waals surface area contributed by atoms with Crippen molar-refractivity contribution in [3.05, 3.63) is 59.1 Å². The monoisotopic (exact) mass is 260 g/mol. The van der Waals surface area contributed by atoms with Gasteiger partial charge < -0.3 is 10.6 Å². The summed E-state index contributed by atoms with van der Waals surface area (Å²) in [7, 11) is 0. The molecule has 2 rings (SSSR count). The topological polar surface area (TPSA) is 29.3 Å². The molecule has 0 aromatic heterocycles. The molecule has 0 radical (unpaired) electrons. The van der Waals surface area contributed by atoms with Crippen molar-refractivity contribution >= 4 is 23.0 Å². The van der Waals surface area contributed by atoms with Gasteiger partial charge in [0.1, 0.15) is 0 Å². The van der Waals surface area contributed by atoms with Crippen LogP contribution in [0.15, 0.2) is 48.5 Å². The first-order valence-electron chi connectivity index (χ1n) is 6.04. The van der Waals surface area contributed by atoms with Crippen LogP contribution in [0.1, 0.15) is 12.5 Å². The highest BCUT2D eigenvalue weighted by Crippen LogP contribution is 2.22. The quantitative estimate of drug-likeness (QED) is 0.844. The Bertz CT molecular complexity index is 511. The molecule has 0 unspecified atom stereocenters. The number of nitrogen functional groups attached to an aromatic ring is 1. The van der Waals surface area contributed by atoms with Gasteiger partial charge in [-0.15, -0.1) is 0 Å². The number of halogens is 1. The lowest BCUT2D eigenvalue weighted by molar-refractivity contribution is 0.833. The predicted molar refractivity (Wildman–Crippen MR) is 79.0 cm³/mol. The molecule has 0 aliphatic rings. The van der Waals surface area contributed by atoms with Gasteiger partial charge in [-0.1, -0.05) is 29.8 Å². The molecule has 0 heterocycles. The second-order valence-electron chi connectivity index (χ2n) is 4.19. The zero-order valence-electron chi connectivity index (χ0n) is 10.4. The summed E-state index contributed by atoms with van der Waals surface area (Å²) in [6, 6.07) is 15.9. The minimum absolute atomic E-state index is 0.725. The molecule has 2 aromatic carbocycles. The fraction of sp³-hybridized carbons (Fsp3) is 0.200. The van der Waals surface area contributed by atoms with E-state index in [9.17, 15) is 0 Å². The summed E-state index contributed by atoms with van der Waals surface area (Å²) in [6.45, 7) is 3.83. The van der Waals surface area contributed by atoms with Crippen molar-refractivity contribution in [2.75, 3.05) is 17.2 Å². The minimum Gasteiger partial charge on any atom is -0.398 e. The molecule has 94 valence electrons. The number of anilines is 2. The van der Waals surface area contributed by atoms with E-state index in [1.165, 1.54) is 5.69 Å². The molecule has 0 spiro atoms. The van der Waals surface area contributed by atoms with Gasteiger partial charge in [0.25, 0.3) is 0 Å². The summed E-state index contributed by atoms with van der Waals surface area (Å²) < 4.78 is 0. The Morgan fingerprint density at radius 2 is 1.83 bits per heavy atom. The molecule has 0 atom stereocenters. The van der Waals surface area contributed by atoms with Crippen molar-refractivity contribution in [2.45, 2.75) is 13.5 Å². The van der Waals surface area contributed by atoms with Gasteiger partial charge in [-0.2, -0.15) is 0 Å². The highest BCUT2D eigenvalue weighted by Gasteiger charge is 2.07. The van der Waals surface area contributed by atoms with Crippen LogP contribution in [0.5, 0.6) is 0 Å². The van der Waals surface area contributed by atoms with Gasteiger partial charge in [-0.25, -0.2) is 0 Å². The lowest BCUT2D eigenvalue weighted by atomic mass is 10.1. The average molecular weight is 261 g/mol. The molecule has 0 saturated heterocycles. The number of hydrogen-bond acceptors (Lipinski definition) is 2. The van der Waals surface area contributed by atoms with Crippen molar-refractivity contribution in [1.29, 1.82) is 0 Å². The maximum atomic E-state index is 6.02. The fourth-order valence-electron chi connectivity index (χ4n) is 1.94. The van der Waals surface area contributed by atoms with E-state index >= 15 is 0 Å². The minimum atomic E-state index is 0.725. The number of para-hydroxylation sites is 1. The van der Waals surface area contributed by atoms with Crippen LogP contribution in [0.3, 0.4) is 0 Å². The molecule has 0 bridgehead atoms. The SMILES string of the molecule is CCN(Cc1cc(Cl)ccc1N)c1ccccc1. The Hall–Kier alpha value is -1.67. The smallest absolute Gasteiger partial charge is 0.0450 e. The van der Waals surface area contributed by atoms with Crippen LogP contribution in [0, 0.1) is 0 Å². The first kappa shape index (κ1) is 12.8. The molecule has 0 aliphatic carbocycles. The molecule has 2 nitrogen and oxygen atoms in total. The van der Waals surface area contributed by atoms with E-state index in [0.29, 0.717) is 0 Å². The Labute approximate surface area is 113 Å². The average Bonchev–Trinajstić information content (AvgIpc) is 2.41. The van der Waals surface area contributed by atoms with E-state index < -0.39 is 0 Å². The van der Waals surface area contributed by atoms with Gasteiger partial charge >= 0.3 is 0 Å². The first-order valence-corrected chi connectivity index (χ1v) is 6.42. The second-order valence-corrected chi connectivity index (χ2v) is 4.63.